The number of anilines is 3. The van der Waals surface area contributed by atoms with Gasteiger partial charge in [-0.2, -0.15) is 0 Å². The van der Waals surface area contributed by atoms with Gasteiger partial charge in [-0.15, -0.1) is 0 Å². The fraction of sp³-hybridized carbons (Fsp3) is 0. The number of hydrogen-bond donors (Lipinski definition) is 0. The zero-order chi connectivity index (χ0) is 50.5. The monoisotopic (exact) mass is 983 g/mol. The first-order valence-corrected chi connectivity index (χ1v) is 27.3. The highest BCUT2D eigenvalue weighted by Gasteiger charge is 2.44. The highest BCUT2D eigenvalue weighted by atomic mass is 15.2. The zero-order valence-corrected chi connectivity index (χ0v) is 42.2. The van der Waals surface area contributed by atoms with Crippen molar-refractivity contribution in [2.75, 3.05) is 4.90 Å². The molecule has 13 aromatic carbocycles. The Kier molecular flexibility index (Phi) is 7.82. The van der Waals surface area contributed by atoms with Crippen LogP contribution in [0.3, 0.4) is 0 Å². The topological polar surface area (TPSA) is 13.1 Å². The summed E-state index contributed by atoms with van der Waals surface area (Å²) in [4.78, 5) is 2.58. The van der Waals surface area contributed by atoms with Gasteiger partial charge in [0.2, 0.25) is 0 Å². The molecular weight excluding hydrogens is 942 g/mol. The van der Waals surface area contributed by atoms with E-state index >= 15 is 0 Å². The van der Waals surface area contributed by atoms with E-state index in [9.17, 15) is 0 Å². The second kappa shape index (κ2) is 14.8. The number of benzene rings is 13. The maximum absolute atomic E-state index is 2.68. The van der Waals surface area contributed by atoms with Gasteiger partial charge in [0, 0.05) is 44.3 Å². The van der Waals surface area contributed by atoms with E-state index in [4.69, 9.17) is 0 Å². The fourth-order valence-corrected chi connectivity index (χ4v) is 15.0. The standard InChI is InChI=1S/C74H42BN3/c1-3-14-43(15-4-1)45-28-33-49(34-29-45)76-61-37-32-48(44-16-5-2-6-17-44)40-60(61)75-59-36-35-58-54-23-10-8-21-52(54)56-25-12-19-47-31-39-64-72(68(47)56)70(58)74(59)78(64)66-42-50(41-65(76)73(66)75)77-62-27-13-26-57-53-22-9-7-20-51(53)55-24-11-18-46-30-38-63(77)71(67(46)55)69(57)62/h1-42H. The smallest absolute Gasteiger partial charge is 0.252 e. The fourth-order valence-electron chi connectivity index (χ4n) is 15.0. The van der Waals surface area contributed by atoms with E-state index in [2.05, 4.69) is 269 Å². The van der Waals surface area contributed by atoms with Crippen LogP contribution in [0, 0.1) is 0 Å². The molecule has 0 atom stereocenters. The van der Waals surface area contributed by atoms with Crippen molar-refractivity contribution in [1.82, 2.24) is 9.13 Å². The zero-order valence-electron chi connectivity index (χ0n) is 42.2. The molecule has 356 valence electrons. The first-order chi connectivity index (χ1) is 38.7. The van der Waals surface area contributed by atoms with Crippen molar-refractivity contribution in [2.45, 2.75) is 0 Å². The molecule has 2 aliphatic carbocycles. The van der Waals surface area contributed by atoms with Crippen LogP contribution in [0.2, 0.25) is 0 Å². The number of rotatable bonds is 4. The van der Waals surface area contributed by atoms with Gasteiger partial charge in [-0.25, -0.2) is 0 Å². The van der Waals surface area contributed by atoms with Gasteiger partial charge in [0.05, 0.1) is 27.8 Å². The van der Waals surface area contributed by atoms with Crippen LogP contribution in [-0.2, 0) is 0 Å². The Bertz CT molecular complexity index is 5200. The second-order valence-electron chi connectivity index (χ2n) is 21.8. The first kappa shape index (κ1) is 41.1. The quantitative estimate of drug-likeness (QED) is 0.160. The molecule has 15 aromatic rings. The highest BCUT2D eigenvalue weighted by molar-refractivity contribution is 7.00. The van der Waals surface area contributed by atoms with Gasteiger partial charge in [0.25, 0.3) is 6.71 Å². The maximum Gasteiger partial charge on any atom is 0.252 e. The van der Waals surface area contributed by atoms with Crippen LogP contribution in [0.25, 0.3) is 143 Å². The summed E-state index contributed by atoms with van der Waals surface area (Å²) in [6.07, 6.45) is 0. The lowest BCUT2D eigenvalue weighted by Crippen LogP contribution is -2.60. The lowest BCUT2D eigenvalue weighted by molar-refractivity contribution is 1.13. The minimum absolute atomic E-state index is 0.0731. The molecule has 3 nitrogen and oxygen atoms in total. The molecule has 2 aliphatic heterocycles. The Morgan fingerprint density at radius 3 is 1.41 bits per heavy atom. The number of fused-ring (bicyclic) bond motifs is 11. The third-order valence-corrected chi connectivity index (χ3v) is 18.1. The van der Waals surface area contributed by atoms with Crippen LogP contribution < -0.4 is 21.3 Å². The molecule has 19 rings (SSSR count). The van der Waals surface area contributed by atoms with Gasteiger partial charge in [-0.3, -0.25) is 0 Å². The van der Waals surface area contributed by atoms with Crippen molar-refractivity contribution in [3.05, 3.63) is 255 Å². The van der Waals surface area contributed by atoms with Crippen molar-refractivity contribution >= 4 is 105 Å². The molecule has 4 aliphatic rings. The van der Waals surface area contributed by atoms with Crippen molar-refractivity contribution in [1.29, 1.82) is 0 Å². The minimum atomic E-state index is -0.0731. The average molecular weight is 984 g/mol. The summed E-state index contributed by atoms with van der Waals surface area (Å²) in [5, 5.41) is 10.4. The van der Waals surface area contributed by atoms with E-state index < -0.39 is 0 Å². The molecule has 4 heterocycles. The van der Waals surface area contributed by atoms with E-state index in [1.165, 1.54) is 165 Å². The molecule has 0 unspecified atom stereocenters. The Labute approximate surface area is 449 Å². The molecule has 78 heavy (non-hydrogen) atoms. The van der Waals surface area contributed by atoms with E-state index in [1.54, 1.807) is 0 Å². The van der Waals surface area contributed by atoms with Gasteiger partial charge >= 0.3 is 0 Å². The molecule has 0 N–H and O–H groups in total. The van der Waals surface area contributed by atoms with Crippen LogP contribution in [0.15, 0.2) is 255 Å². The first-order valence-electron chi connectivity index (χ1n) is 27.3. The third kappa shape index (κ3) is 5.15. The number of hydrogen-bond acceptors (Lipinski definition) is 1. The van der Waals surface area contributed by atoms with Gasteiger partial charge in [-0.05, 0) is 153 Å². The molecule has 0 spiro atoms. The number of aromatic nitrogens is 2. The van der Waals surface area contributed by atoms with Crippen molar-refractivity contribution in [3.63, 3.8) is 0 Å². The van der Waals surface area contributed by atoms with Gasteiger partial charge in [0.1, 0.15) is 0 Å². The molecule has 4 heteroatoms. The van der Waals surface area contributed by atoms with E-state index in [1.807, 2.05) is 0 Å². The molecule has 2 aromatic heterocycles. The third-order valence-electron chi connectivity index (χ3n) is 18.1. The van der Waals surface area contributed by atoms with Crippen LogP contribution in [-0.4, -0.2) is 15.8 Å². The van der Waals surface area contributed by atoms with Crippen LogP contribution in [0.5, 0.6) is 0 Å². The van der Waals surface area contributed by atoms with Gasteiger partial charge in [-0.1, -0.05) is 206 Å². The molecule has 0 saturated heterocycles. The summed E-state index contributed by atoms with van der Waals surface area (Å²) in [5.41, 5.74) is 29.8. The Hall–Kier alpha value is -10.2. The lowest BCUT2D eigenvalue weighted by atomic mass is 9.33. The largest absolute Gasteiger partial charge is 0.311 e. The summed E-state index contributed by atoms with van der Waals surface area (Å²) in [7, 11) is 0. The maximum atomic E-state index is 2.68. The minimum Gasteiger partial charge on any atom is -0.311 e. The Morgan fingerprint density at radius 2 is 0.756 bits per heavy atom. The van der Waals surface area contributed by atoms with Crippen molar-refractivity contribution < 1.29 is 0 Å². The van der Waals surface area contributed by atoms with Crippen LogP contribution in [0.1, 0.15) is 0 Å². The summed E-state index contributed by atoms with van der Waals surface area (Å²) in [6.45, 7) is -0.0731. The summed E-state index contributed by atoms with van der Waals surface area (Å²) in [5.74, 6) is 0. The molecular formula is C74H42BN3. The van der Waals surface area contributed by atoms with Gasteiger partial charge in [0.15, 0.2) is 0 Å². The highest BCUT2D eigenvalue weighted by Crippen LogP contribution is 2.53. The Morgan fingerprint density at radius 1 is 0.256 bits per heavy atom. The van der Waals surface area contributed by atoms with E-state index in [0.29, 0.717) is 0 Å². The summed E-state index contributed by atoms with van der Waals surface area (Å²) >= 11 is 0. The van der Waals surface area contributed by atoms with Crippen LogP contribution >= 0.6 is 0 Å². The van der Waals surface area contributed by atoms with E-state index in [-0.39, 0.29) is 6.71 Å². The molecule has 0 radical (unpaired) electrons. The number of nitrogens with zero attached hydrogens (tertiary/aromatic N) is 3. The lowest BCUT2D eigenvalue weighted by Gasteiger charge is -2.41. The molecule has 0 bridgehead atoms. The SMILES string of the molecule is c1ccc(-c2ccc(N3c4ccc(-c5ccccc5)cc4B4c5c3cc(-n3c6cccc7c6c6c8c(cccc8ccc63)-c3ccccc3-7)cc5-n3c5ccc6cccc7c6c5c5c(ccc4c53)-c3ccccc3-7)cc2)cc1. The van der Waals surface area contributed by atoms with Crippen LogP contribution in [0.4, 0.5) is 17.1 Å². The van der Waals surface area contributed by atoms with E-state index in [0.717, 1.165) is 11.4 Å². The molecule has 0 fully saturated rings. The summed E-state index contributed by atoms with van der Waals surface area (Å²) < 4.78 is 5.28. The normalized spacial score (nSPS) is 13.1. The summed E-state index contributed by atoms with van der Waals surface area (Å²) in [6, 6.07) is 96.6. The predicted octanol–water partition coefficient (Wildman–Crippen LogP) is 17.4. The Balaban J connectivity index is 0.990. The molecule has 0 amide bonds. The van der Waals surface area contributed by atoms with Gasteiger partial charge < -0.3 is 14.0 Å². The van der Waals surface area contributed by atoms with Crippen molar-refractivity contribution in [3.8, 4) is 78.1 Å². The molecule has 0 saturated carbocycles. The van der Waals surface area contributed by atoms with Crippen molar-refractivity contribution in [2.24, 2.45) is 0 Å². The predicted molar refractivity (Wildman–Crippen MR) is 329 cm³/mol. The average Bonchev–Trinajstić information content (AvgIpc) is 4.01. The second-order valence-corrected chi connectivity index (χ2v) is 21.8.